The van der Waals surface area contributed by atoms with E-state index >= 15 is 0 Å². The molecule has 0 saturated heterocycles. The summed E-state index contributed by atoms with van der Waals surface area (Å²) in [5.41, 5.74) is 4.59. The van der Waals surface area contributed by atoms with Gasteiger partial charge in [-0.1, -0.05) is 49.4 Å². The predicted molar refractivity (Wildman–Crippen MR) is 157 cm³/mol. The summed E-state index contributed by atoms with van der Waals surface area (Å²) in [4.78, 5) is 30.9. The normalized spacial score (nSPS) is 18.4. The molecule has 1 aliphatic rings. The van der Waals surface area contributed by atoms with Gasteiger partial charge < -0.3 is 24.2 Å². The fourth-order valence-corrected chi connectivity index (χ4v) is 5.69. The minimum atomic E-state index is -0.439. The Morgan fingerprint density at radius 3 is 2.51 bits per heavy atom. The quantitative estimate of drug-likeness (QED) is 0.370. The first-order valence-corrected chi connectivity index (χ1v) is 13.9. The zero-order valence-electron chi connectivity index (χ0n) is 23.9. The number of aryl methyl sites for hydroxylation is 1. The monoisotopic (exact) mass is 557 g/mol. The van der Waals surface area contributed by atoms with Crippen LogP contribution in [0.3, 0.4) is 0 Å². The lowest BCUT2D eigenvalue weighted by Crippen LogP contribution is -2.48. The molecule has 8 heteroatoms. The van der Waals surface area contributed by atoms with E-state index in [2.05, 4.69) is 0 Å². The van der Waals surface area contributed by atoms with Crippen LogP contribution >= 0.6 is 0 Å². The average molecular weight is 558 g/mol. The van der Waals surface area contributed by atoms with Crippen molar-refractivity contribution in [2.24, 2.45) is 13.0 Å². The zero-order valence-corrected chi connectivity index (χ0v) is 23.9. The number of para-hydroxylation sites is 1. The van der Waals surface area contributed by atoms with Crippen molar-refractivity contribution in [1.29, 1.82) is 0 Å². The largest absolute Gasteiger partial charge is 0.394 e. The third-order valence-corrected chi connectivity index (χ3v) is 8.12. The van der Waals surface area contributed by atoms with Crippen LogP contribution in [0.15, 0.2) is 72.8 Å². The molecule has 5 rings (SSSR count). The number of hydrogen-bond acceptors (Lipinski definition) is 4. The van der Waals surface area contributed by atoms with Crippen molar-refractivity contribution in [2.45, 2.75) is 32.6 Å². The Morgan fingerprint density at radius 2 is 1.78 bits per heavy atom. The van der Waals surface area contributed by atoms with Crippen molar-refractivity contribution in [3.05, 3.63) is 95.4 Å². The molecule has 1 N–H and O–H groups in total. The van der Waals surface area contributed by atoms with E-state index in [1.807, 2.05) is 74.0 Å². The Morgan fingerprint density at radius 1 is 1.10 bits per heavy atom. The summed E-state index contributed by atoms with van der Waals surface area (Å²) < 4.78 is 21.9. The smallest absolute Gasteiger partial charge is 0.271 e. The van der Waals surface area contributed by atoms with E-state index in [1.165, 1.54) is 24.3 Å². The number of rotatable bonds is 5. The molecule has 1 aromatic heterocycles. The van der Waals surface area contributed by atoms with Crippen LogP contribution in [0.2, 0.25) is 0 Å². The molecule has 3 atom stereocenters. The first-order valence-electron chi connectivity index (χ1n) is 13.9. The molecule has 0 unspecified atom stereocenters. The number of aliphatic hydroxyl groups is 1. The van der Waals surface area contributed by atoms with Crippen molar-refractivity contribution in [3.63, 3.8) is 0 Å². The fraction of sp³-hybridized carbons (Fsp3) is 0.333. The van der Waals surface area contributed by atoms with Gasteiger partial charge in [0.1, 0.15) is 11.5 Å². The van der Waals surface area contributed by atoms with Crippen molar-refractivity contribution >= 4 is 22.7 Å². The van der Waals surface area contributed by atoms with Gasteiger partial charge in [-0.05, 0) is 48.4 Å². The van der Waals surface area contributed by atoms with E-state index < -0.39 is 18.0 Å². The molecule has 2 amide bonds. The summed E-state index contributed by atoms with van der Waals surface area (Å²) in [6.45, 7) is 4.52. The van der Waals surface area contributed by atoms with Gasteiger partial charge in [0.25, 0.3) is 11.8 Å². The topological polar surface area (TPSA) is 75.0 Å². The number of aliphatic hydroxyl groups excluding tert-OH is 1. The van der Waals surface area contributed by atoms with E-state index in [0.717, 1.165) is 27.6 Å². The summed E-state index contributed by atoms with van der Waals surface area (Å²) in [5, 5.41) is 11.1. The van der Waals surface area contributed by atoms with Gasteiger partial charge in [-0.25, -0.2) is 4.39 Å². The Balaban J connectivity index is 1.58. The van der Waals surface area contributed by atoms with Crippen LogP contribution in [0.25, 0.3) is 22.0 Å². The molecule has 0 fully saturated rings. The number of ether oxygens (including phenoxy) is 1. The van der Waals surface area contributed by atoms with E-state index in [9.17, 15) is 19.1 Å². The lowest BCUT2D eigenvalue weighted by atomic mass is 9.96. The van der Waals surface area contributed by atoms with Gasteiger partial charge >= 0.3 is 0 Å². The molecule has 3 aromatic carbocycles. The van der Waals surface area contributed by atoms with Crippen LogP contribution in [0.5, 0.6) is 0 Å². The number of aromatic nitrogens is 1. The van der Waals surface area contributed by atoms with E-state index in [1.54, 1.807) is 16.8 Å². The summed E-state index contributed by atoms with van der Waals surface area (Å²) in [6.07, 6.45) is -0.420. The van der Waals surface area contributed by atoms with Gasteiger partial charge in [0.05, 0.1) is 25.4 Å². The minimum absolute atomic E-state index is 0.168. The van der Waals surface area contributed by atoms with E-state index in [-0.39, 0.29) is 37.5 Å². The van der Waals surface area contributed by atoms with Crippen molar-refractivity contribution in [3.8, 4) is 11.1 Å². The van der Waals surface area contributed by atoms with Crippen LogP contribution in [-0.2, 0) is 18.4 Å². The summed E-state index contributed by atoms with van der Waals surface area (Å²) in [7, 11) is 3.60. The van der Waals surface area contributed by atoms with E-state index in [0.29, 0.717) is 17.8 Å². The lowest BCUT2D eigenvalue weighted by molar-refractivity contribution is -0.0210. The molecule has 0 saturated carbocycles. The Bertz CT molecular complexity index is 1560. The highest BCUT2D eigenvalue weighted by Gasteiger charge is 2.34. The predicted octanol–water partition coefficient (Wildman–Crippen LogP) is 5.11. The second-order valence-corrected chi connectivity index (χ2v) is 11.0. The van der Waals surface area contributed by atoms with Crippen LogP contribution in [-0.4, -0.2) is 70.2 Å². The van der Waals surface area contributed by atoms with Crippen LogP contribution in [0, 0.1) is 11.7 Å². The fourth-order valence-electron chi connectivity index (χ4n) is 5.69. The molecule has 2 heterocycles. The number of carbonyl (C=O) groups is 2. The number of hydrogen-bond donors (Lipinski definition) is 1. The van der Waals surface area contributed by atoms with Crippen LogP contribution < -0.4 is 0 Å². The third kappa shape index (κ3) is 5.49. The number of fused-ring (bicyclic) bond motifs is 5. The number of benzene rings is 3. The van der Waals surface area contributed by atoms with E-state index in [4.69, 9.17) is 4.74 Å². The average Bonchev–Trinajstić information content (AvgIpc) is 3.28. The Hall–Kier alpha value is -4.01. The molecule has 0 aliphatic carbocycles. The van der Waals surface area contributed by atoms with Crippen LogP contribution in [0.1, 0.15) is 40.3 Å². The van der Waals surface area contributed by atoms with Crippen molar-refractivity contribution in [1.82, 2.24) is 14.4 Å². The first kappa shape index (κ1) is 28.5. The van der Waals surface area contributed by atoms with Gasteiger partial charge in [0, 0.05) is 55.1 Å². The zero-order chi connectivity index (χ0) is 29.3. The summed E-state index contributed by atoms with van der Waals surface area (Å²) in [5.74, 6) is -0.996. The van der Waals surface area contributed by atoms with Crippen molar-refractivity contribution < 1.29 is 23.8 Å². The van der Waals surface area contributed by atoms with Gasteiger partial charge in [-0.2, -0.15) is 0 Å². The molecule has 41 heavy (non-hydrogen) atoms. The number of amides is 2. The minimum Gasteiger partial charge on any atom is -0.394 e. The Labute approximate surface area is 239 Å². The maximum atomic E-state index is 14.4. The van der Waals surface area contributed by atoms with Crippen LogP contribution in [0.4, 0.5) is 4.39 Å². The third-order valence-electron chi connectivity index (χ3n) is 8.12. The highest BCUT2D eigenvalue weighted by atomic mass is 19.1. The molecule has 1 aliphatic heterocycles. The molecule has 0 radical (unpaired) electrons. The highest BCUT2D eigenvalue weighted by Crippen LogP contribution is 2.38. The molecule has 0 bridgehead atoms. The van der Waals surface area contributed by atoms with Gasteiger partial charge in [-0.15, -0.1) is 0 Å². The second kappa shape index (κ2) is 11.8. The maximum Gasteiger partial charge on any atom is 0.271 e. The molecular weight excluding hydrogens is 521 g/mol. The number of carbonyl (C=O) groups excluding carboxylic acids is 2. The highest BCUT2D eigenvalue weighted by molar-refractivity contribution is 6.10. The second-order valence-electron chi connectivity index (χ2n) is 11.0. The molecule has 0 spiro atoms. The van der Waals surface area contributed by atoms with Gasteiger partial charge in [0.2, 0.25) is 0 Å². The van der Waals surface area contributed by atoms with Gasteiger partial charge in [-0.3, -0.25) is 9.59 Å². The number of nitrogens with zero attached hydrogens (tertiary/aromatic N) is 3. The summed E-state index contributed by atoms with van der Waals surface area (Å²) in [6, 6.07) is 20.9. The van der Waals surface area contributed by atoms with Crippen molar-refractivity contribution in [2.75, 3.05) is 26.7 Å². The lowest BCUT2D eigenvalue weighted by Gasteiger charge is -2.35. The number of halogens is 1. The Kier molecular flexibility index (Phi) is 8.24. The van der Waals surface area contributed by atoms with Gasteiger partial charge in [0.15, 0.2) is 0 Å². The first-order chi connectivity index (χ1) is 19.7. The molecule has 7 nitrogen and oxygen atoms in total. The standard InChI is InChI=1S/C33H36FN3O4/c1-21-17-37(22(2)19-38)33(40)31-30(27-11-7-8-12-28(27)36(31)4)26-10-6-5-9-24(26)20-41-29(21)18-35(3)32(39)23-13-15-25(34)16-14-23/h5-16,21-22,29,38H,17-20H2,1-4H3/t21-,22+,29+/m0/s1. The molecule has 214 valence electrons. The summed E-state index contributed by atoms with van der Waals surface area (Å²) >= 11 is 0. The maximum absolute atomic E-state index is 14.4. The SMILES string of the molecule is C[C@H](CO)N1C[C@H](C)[C@@H](CN(C)C(=O)c2ccc(F)cc2)OCc2ccccc2-c2c(n(C)c3ccccc23)C1=O. The molecule has 4 aromatic rings. The molecular formula is C33H36FN3O4. The number of likely N-dealkylation sites (N-methyl/N-ethyl adjacent to an activating group) is 1.